The van der Waals surface area contributed by atoms with E-state index in [0.29, 0.717) is 22.7 Å². The van der Waals surface area contributed by atoms with Crippen molar-refractivity contribution in [1.82, 2.24) is 9.88 Å². The van der Waals surface area contributed by atoms with E-state index in [9.17, 15) is 13.2 Å². The Kier molecular flexibility index (Phi) is 4.24. The molecule has 1 amide bonds. The minimum Gasteiger partial charge on any atom is -0.482 e. The van der Waals surface area contributed by atoms with Crippen LogP contribution in [0.5, 0.6) is 5.75 Å². The average molecular weight is 372 g/mol. The fourth-order valence-corrected chi connectivity index (χ4v) is 3.82. The molecule has 3 rings (SSSR count). The molecule has 0 radical (unpaired) electrons. The maximum absolute atomic E-state index is 12.5. The lowest BCUT2D eigenvalue weighted by Crippen LogP contribution is -2.27. The highest BCUT2D eigenvalue weighted by atomic mass is 35.5. The predicted octanol–water partition coefficient (Wildman–Crippen LogP) is 1.75. The number of halogens is 1. The van der Waals surface area contributed by atoms with Gasteiger partial charge in [0.05, 0.1) is 16.4 Å². The number of hydrogen-bond donors (Lipinski definition) is 2. The number of anilines is 1. The Morgan fingerprint density at radius 2 is 2.12 bits per heavy atom. The molecule has 1 aromatic carbocycles. The molecule has 10 heteroatoms. The first-order chi connectivity index (χ1) is 11.3. The Bertz CT molecular complexity index is 903. The lowest BCUT2D eigenvalue weighted by atomic mass is 10.2. The molecular weight excluding hydrogens is 358 g/mol. The summed E-state index contributed by atoms with van der Waals surface area (Å²) in [6.45, 7) is 3.27. The standard InChI is InChI=1S/C14H14ClN3O5S/c1-7-9(8(2)23-18-7)5-16-24(20,21)13-4-12-11(3-10(13)15)17-14(19)6-22-12/h3-4,16H,5-6H2,1-2H3,(H,17,19). The maximum Gasteiger partial charge on any atom is 0.262 e. The van der Waals surface area contributed by atoms with Crippen molar-refractivity contribution in [3.8, 4) is 5.75 Å². The number of carbonyl (C=O) groups excluding carboxylic acids is 1. The summed E-state index contributed by atoms with van der Waals surface area (Å²) in [4.78, 5) is 11.2. The van der Waals surface area contributed by atoms with Gasteiger partial charge in [0.25, 0.3) is 5.91 Å². The zero-order valence-electron chi connectivity index (χ0n) is 12.8. The number of carbonyl (C=O) groups is 1. The molecule has 128 valence electrons. The van der Waals surface area contributed by atoms with E-state index in [1.54, 1.807) is 13.8 Å². The molecule has 0 unspecified atom stereocenters. The number of aromatic nitrogens is 1. The molecule has 2 N–H and O–H groups in total. The molecule has 1 aromatic heterocycles. The first-order valence-corrected chi connectivity index (χ1v) is 8.81. The summed E-state index contributed by atoms with van der Waals surface area (Å²) in [6, 6.07) is 2.63. The lowest BCUT2D eigenvalue weighted by molar-refractivity contribution is -0.118. The van der Waals surface area contributed by atoms with E-state index in [2.05, 4.69) is 15.2 Å². The number of ether oxygens (including phenoxy) is 1. The minimum absolute atomic E-state index is 0.0223. The highest BCUT2D eigenvalue weighted by molar-refractivity contribution is 7.89. The van der Waals surface area contributed by atoms with Gasteiger partial charge in [-0.15, -0.1) is 0 Å². The van der Waals surface area contributed by atoms with Gasteiger partial charge >= 0.3 is 0 Å². The van der Waals surface area contributed by atoms with Gasteiger partial charge < -0.3 is 14.6 Å². The second kappa shape index (κ2) is 6.08. The number of sulfonamides is 1. The highest BCUT2D eigenvalue weighted by Crippen LogP contribution is 2.35. The van der Waals surface area contributed by atoms with E-state index >= 15 is 0 Å². The number of fused-ring (bicyclic) bond motifs is 1. The summed E-state index contributed by atoms with van der Waals surface area (Å²) >= 11 is 6.06. The first-order valence-electron chi connectivity index (χ1n) is 6.95. The van der Waals surface area contributed by atoms with E-state index in [1.165, 1.54) is 12.1 Å². The third kappa shape index (κ3) is 3.10. The maximum atomic E-state index is 12.5. The van der Waals surface area contributed by atoms with Gasteiger partial charge in [-0.1, -0.05) is 16.8 Å². The molecule has 8 nitrogen and oxygen atoms in total. The molecule has 0 spiro atoms. The zero-order chi connectivity index (χ0) is 17.5. The number of benzene rings is 1. The zero-order valence-corrected chi connectivity index (χ0v) is 14.4. The summed E-state index contributed by atoms with van der Waals surface area (Å²) in [5.41, 5.74) is 1.61. The second-order valence-corrected chi connectivity index (χ2v) is 7.39. The normalized spacial score (nSPS) is 14.0. The topological polar surface area (TPSA) is 111 Å². The monoisotopic (exact) mass is 371 g/mol. The van der Waals surface area contributed by atoms with Gasteiger partial charge in [0.2, 0.25) is 10.0 Å². The van der Waals surface area contributed by atoms with Gasteiger partial charge in [-0.05, 0) is 19.9 Å². The summed E-state index contributed by atoms with van der Waals surface area (Å²) in [5.74, 6) is 0.459. The summed E-state index contributed by atoms with van der Waals surface area (Å²) < 4.78 is 37.8. The van der Waals surface area contributed by atoms with Crippen LogP contribution in [0.1, 0.15) is 17.0 Å². The van der Waals surface area contributed by atoms with Crippen molar-refractivity contribution in [3.63, 3.8) is 0 Å². The van der Waals surface area contributed by atoms with E-state index in [4.69, 9.17) is 20.9 Å². The molecule has 2 aromatic rings. The molecule has 1 aliphatic heterocycles. The first kappa shape index (κ1) is 16.7. The quantitative estimate of drug-likeness (QED) is 0.847. The van der Waals surface area contributed by atoms with Gasteiger partial charge in [-0.25, -0.2) is 13.1 Å². The van der Waals surface area contributed by atoms with Crippen molar-refractivity contribution in [2.24, 2.45) is 0 Å². The fourth-order valence-electron chi connectivity index (χ4n) is 2.29. The Morgan fingerprint density at radius 3 is 2.79 bits per heavy atom. The number of nitrogens with zero attached hydrogens (tertiary/aromatic N) is 1. The van der Waals surface area contributed by atoms with Crippen molar-refractivity contribution < 1.29 is 22.5 Å². The molecule has 0 atom stereocenters. The van der Waals surface area contributed by atoms with E-state index in [1.807, 2.05) is 0 Å². The molecule has 0 saturated carbocycles. The fraction of sp³-hybridized carbons (Fsp3) is 0.286. The van der Waals surface area contributed by atoms with Crippen molar-refractivity contribution >= 4 is 33.2 Å². The van der Waals surface area contributed by atoms with Crippen LogP contribution in [-0.2, 0) is 21.4 Å². The SMILES string of the molecule is Cc1noc(C)c1CNS(=O)(=O)c1cc2c(cc1Cl)NC(=O)CO2. The van der Waals surface area contributed by atoms with Gasteiger partial charge in [-0.3, -0.25) is 4.79 Å². The predicted molar refractivity (Wildman–Crippen MR) is 85.6 cm³/mol. The Hall–Kier alpha value is -2.10. The number of amides is 1. The lowest BCUT2D eigenvalue weighted by Gasteiger charge is -2.19. The van der Waals surface area contributed by atoms with Gasteiger partial charge in [0.1, 0.15) is 16.4 Å². The van der Waals surface area contributed by atoms with Crippen LogP contribution in [0, 0.1) is 13.8 Å². The number of nitrogens with one attached hydrogen (secondary N) is 2. The summed E-state index contributed by atoms with van der Waals surface area (Å²) in [7, 11) is -3.89. The van der Waals surface area contributed by atoms with Crippen LogP contribution < -0.4 is 14.8 Å². The van der Waals surface area contributed by atoms with E-state index in [0.717, 1.165) is 0 Å². The largest absolute Gasteiger partial charge is 0.482 e. The van der Waals surface area contributed by atoms with E-state index in [-0.39, 0.29) is 34.7 Å². The van der Waals surface area contributed by atoms with Crippen LogP contribution >= 0.6 is 11.6 Å². The summed E-state index contributed by atoms with van der Waals surface area (Å²) in [5, 5.41) is 6.32. The molecule has 0 saturated heterocycles. The van der Waals surface area contributed by atoms with Crippen molar-refractivity contribution in [2.45, 2.75) is 25.3 Å². The van der Waals surface area contributed by atoms with E-state index < -0.39 is 10.0 Å². The van der Waals surface area contributed by atoms with Gasteiger partial charge in [-0.2, -0.15) is 0 Å². The molecule has 24 heavy (non-hydrogen) atoms. The smallest absolute Gasteiger partial charge is 0.262 e. The molecule has 2 heterocycles. The number of aryl methyl sites for hydroxylation is 2. The van der Waals surface area contributed by atoms with Crippen LogP contribution in [0.15, 0.2) is 21.6 Å². The average Bonchev–Trinajstić information content (AvgIpc) is 2.83. The summed E-state index contributed by atoms with van der Waals surface area (Å²) in [6.07, 6.45) is 0. The van der Waals surface area contributed by atoms with Crippen LogP contribution in [-0.4, -0.2) is 26.1 Å². The van der Waals surface area contributed by atoms with Crippen LogP contribution in [0.4, 0.5) is 5.69 Å². The van der Waals surface area contributed by atoms with Crippen molar-refractivity contribution in [3.05, 3.63) is 34.2 Å². The van der Waals surface area contributed by atoms with Crippen LogP contribution in [0.25, 0.3) is 0 Å². The van der Waals surface area contributed by atoms with Crippen LogP contribution in [0.2, 0.25) is 5.02 Å². The molecule has 1 aliphatic rings. The van der Waals surface area contributed by atoms with Crippen LogP contribution in [0.3, 0.4) is 0 Å². The number of hydrogen-bond acceptors (Lipinski definition) is 6. The van der Waals surface area contributed by atoms with Gasteiger partial charge in [0, 0.05) is 18.2 Å². The Balaban J connectivity index is 1.88. The van der Waals surface area contributed by atoms with Crippen molar-refractivity contribution in [2.75, 3.05) is 11.9 Å². The molecular formula is C14H14ClN3O5S. The highest BCUT2D eigenvalue weighted by Gasteiger charge is 2.25. The Labute approximate surface area is 143 Å². The van der Waals surface area contributed by atoms with Gasteiger partial charge in [0.15, 0.2) is 6.61 Å². The third-order valence-corrected chi connectivity index (χ3v) is 5.44. The second-order valence-electron chi connectivity index (χ2n) is 5.24. The third-order valence-electron chi connectivity index (χ3n) is 3.58. The molecule has 0 aliphatic carbocycles. The molecule has 0 fully saturated rings. The number of rotatable bonds is 4. The minimum atomic E-state index is -3.89. The molecule has 0 bridgehead atoms. The van der Waals surface area contributed by atoms with Crippen molar-refractivity contribution in [1.29, 1.82) is 0 Å². The Morgan fingerprint density at radius 1 is 1.38 bits per heavy atom.